The van der Waals surface area contributed by atoms with Gasteiger partial charge >= 0.3 is 0 Å². The van der Waals surface area contributed by atoms with Crippen LogP contribution in [0.1, 0.15) is 48.5 Å². The zero-order valence-corrected chi connectivity index (χ0v) is 10.1. The number of Topliss-reactive ketones (excluding diaryl/α,β-unsaturated/α-hetero) is 1. The fraction of sp³-hybridized carbons (Fsp3) is 0.312. The standard InChI is InChI=1S/C16H16O/c1-11-13-8-4-5-9-14(13)16(17)15(11)10-12-6-2-3-7-12/h4-5,8-10H,2-3,6-7H2,1H3. The number of benzene rings is 1. The van der Waals surface area contributed by atoms with Crippen LogP contribution in [0.3, 0.4) is 0 Å². The minimum absolute atomic E-state index is 0.206. The predicted molar refractivity (Wildman–Crippen MR) is 69.9 cm³/mol. The minimum Gasteiger partial charge on any atom is -0.289 e. The van der Waals surface area contributed by atoms with E-state index in [1.54, 1.807) is 0 Å². The Morgan fingerprint density at radius 3 is 2.35 bits per heavy atom. The van der Waals surface area contributed by atoms with E-state index in [1.165, 1.54) is 31.3 Å². The number of hydrogen-bond acceptors (Lipinski definition) is 1. The lowest BCUT2D eigenvalue weighted by Gasteiger charge is -1.98. The van der Waals surface area contributed by atoms with Crippen molar-refractivity contribution in [1.82, 2.24) is 0 Å². The number of rotatable bonds is 1. The number of ketones is 1. The molecule has 0 atom stereocenters. The molecular weight excluding hydrogens is 208 g/mol. The van der Waals surface area contributed by atoms with Gasteiger partial charge < -0.3 is 0 Å². The molecule has 17 heavy (non-hydrogen) atoms. The van der Waals surface area contributed by atoms with Crippen LogP contribution in [0.2, 0.25) is 0 Å². The van der Waals surface area contributed by atoms with Gasteiger partial charge in [0.2, 0.25) is 0 Å². The fourth-order valence-corrected chi connectivity index (χ4v) is 2.82. The van der Waals surface area contributed by atoms with Gasteiger partial charge in [-0.3, -0.25) is 4.79 Å². The van der Waals surface area contributed by atoms with Crippen LogP contribution in [-0.2, 0) is 0 Å². The van der Waals surface area contributed by atoms with Crippen LogP contribution >= 0.6 is 0 Å². The molecule has 1 nitrogen and oxygen atoms in total. The van der Waals surface area contributed by atoms with Crippen molar-refractivity contribution in [2.75, 3.05) is 0 Å². The molecule has 0 N–H and O–H groups in total. The number of carbonyl (C=O) groups excluding carboxylic acids is 1. The molecule has 1 fully saturated rings. The van der Waals surface area contributed by atoms with Crippen LogP contribution in [0, 0.1) is 0 Å². The van der Waals surface area contributed by atoms with E-state index < -0.39 is 0 Å². The van der Waals surface area contributed by atoms with E-state index in [-0.39, 0.29) is 5.78 Å². The van der Waals surface area contributed by atoms with Crippen molar-refractivity contribution in [1.29, 1.82) is 0 Å². The minimum atomic E-state index is 0.206. The lowest BCUT2D eigenvalue weighted by molar-refractivity contribution is 0.104. The molecule has 0 saturated heterocycles. The molecule has 2 aliphatic carbocycles. The maximum atomic E-state index is 12.3. The van der Waals surface area contributed by atoms with Crippen molar-refractivity contribution in [2.45, 2.75) is 32.6 Å². The van der Waals surface area contributed by atoms with E-state index in [4.69, 9.17) is 0 Å². The lowest BCUT2D eigenvalue weighted by atomic mass is 10.1. The second-order valence-corrected chi connectivity index (χ2v) is 4.92. The molecule has 1 aromatic rings. The average Bonchev–Trinajstić information content (AvgIpc) is 2.94. The second kappa shape index (κ2) is 3.99. The molecule has 0 spiro atoms. The number of fused-ring (bicyclic) bond motifs is 1. The summed E-state index contributed by atoms with van der Waals surface area (Å²) in [5.41, 5.74) is 5.49. The van der Waals surface area contributed by atoms with Gasteiger partial charge in [0.1, 0.15) is 0 Å². The summed E-state index contributed by atoms with van der Waals surface area (Å²) in [4.78, 5) is 12.3. The molecule has 0 unspecified atom stereocenters. The summed E-state index contributed by atoms with van der Waals surface area (Å²) >= 11 is 0. The maximum absolute atomic E-state index is 12.3. The first kappa shape index (κ1) is 10.5. The highest BCUT2D eigenvalue weighted by Crippen LogP contribution is 2.35. The summed E-state index contributed by atoms with van der Waals surface area (Å²) in [6, 6.07) is 7.92. The quantitative estimate of drug-likeness (QED) is 0.700. The van der Waals surface area contributed by atoms with Crippen LogP contribution in [0.15, 0.2) is 41.5 Å². The lowest BCUT2D eigenvalue weighted by Crippen LogP contribution is -1.96. The summed E-state index contributed by atoms with van der Waals surface area (Å²) in [5, 5.41) is 0. The first-order valence-corrected chi connectivity index (χ1v) is 6.32. The van der Waals surface area contributed by atoms with Crippen LogP contribution < -0.4 is 0 Å². The van der Waals surface area contributed by atoms with Crippen molar-refractivity contribution in [3.8, 4) is 0 Å². The van der Waals surface area contributed by atoms with Crippen molar-refractivity contribution >= 4 is 11.4 Å². The monoisotopic (exact) mass is 224 g/mol. The molecule has 0 aliphatic heterocycles. The SMILES string of the molecule is CC1=C(C=C2CCCC2)C(=O)c2ccccc21. The van der Waals surface area contributed by atoms with Crippen LogP contribution in [0.4, 0.5) is 0 Å². The topological polar surface area (TPSA) is 17.1 Å². The highest BCUT2D eigenvalue weighted by atomic mass is 16.1. The molecule has 2 aliphatic rings. The molecule has 86 valence electrons. The molecule has 3 rings (SSSR count). The first-order chi connectivity index (χ1) is 8.27. The smallest absolute Gasteiger partial charge is 0.193 e. The number of allylic oxidation sites excluding steroid dienone is 4. The Bertz CT molecular complexity index is 538. The highest BCUT2D eigenvalue weighted by molar-refractivity contribution is 6.22. The Hall–Kier alpha value is -1.63. The second-order valence-electron chi connectivity index (χ2n) is 4.92. The Morgan fingerprint density at radius 1 is 1.06 bits per heavy atom. The Kier molecular flexibility index (Phi) is 2.47. The van der Waals surface area contributed by atoms with Crippen LogP contribution in [0.5, 0.6) is 0 Å². The molecule has 1 heteroatoms. The molecule has 0 aromatic heterocycles. The molecule has 0 heterocycles. The van der Waals surface area contributed by atoms with E-state index >= 15 is 0 Å². The van der Waals surface area contributed by atoms with Gasteiger partial charge in [-0.25, -0.2) is 0 Å². The van der Waals surface area contributed by atoms with Crippen molar-refractivity contribution in [3.05, 3.63) is 52.6 Å². The third kappa shape index (κ3) is 1.66. The Morgan fingerprint density at radius 2 is 1.71 bits per heavy atom. The van der Waals surface area contributed by atoms with E-state index in [9.17, 15) is 4.79 Å². The van der Waals surface area contributed by atoms with Crippen molar-refractivity contribution in [3.63, 3.8) is 0 Å². The van der Waals surface area contributed by atoms with E-state index in [0.29, 0.717) is 0 Å². The highest BCUT2D eigenvalue weighted by Gasteiger charge is 2.25. The normalized spacial score (nSPS) is 18.9. The summed E-state index contributed by atoms with van der Waals surface area (Å²) in [6.45, 7) is 2.06. The maximum Gasteiger partial charge on any atom is 0.193 e. The number of hydrogen-bond donors (Lipinski definition) is 0. The van der Waals surface area contributed by atoms with Gasteiger partial charge in [-0.05, 0) is 43.7 Å². The Balaban J connectivity index is 2.05. The fourth-order valence-electron chi connectivity index (χ4n) is 2.82. The van der Waals surface area contributed by atoms with E-state index in [0.717, 1.165) is 22.3 Å². The zero-order valence-electron chi connectivity index (χ0n) is 10.1. The van der Waals surface area contributed by atoms with Gasteiger partial charge in [-0.1, -0.05) is 35.9 Å². The van der Waals surface area contributed by atoms with E-state index in [1.807, 2.05) is 24.3 Å². The van der Waals surface area contributed by atoms with Gasteiger partial charge in [0.15, 0.2) is 5.78 Å². The Labute approximate surface area is 102 Å². The molecule has 0 radical (unpaired) electrons. The van der Waals surface area contributed by atoms with Gasteiger partial charge in [-0.15, -0.1) is 0 Å². The largest absolute Gasteiger partial charge is 0.289 e. The molecule has 1 aromatic carbocycles. The predicted octanol–water partition coefficient (Wildman–Crippen LogP) is 4.16. The van der Waals surface area contributed by atoms with Crippen molar-refractivity contribution in [2.24, 2.45) is 0 Å². The van der Waals surface area contributed by atoms with Gasteiger partial charge in [0.25, 0.3) is 0 Å². The van der Waals surface area contributed by atoms with Crippen LogP contribution in [-0.4, -0.2) is 5.78 Å². The molecule has 0 amide bonds. The summed E-state index contributed by atoms with van der Waals surface area (Å²) in [6.07, 6.45) is 7.03. The third-order valence-electron chi connectivity index (χ3n) is 3.82. The van der Waals surface area contributed by atoms with Gasteiger partial charge in [0.05, 0.1) is 0 Å². The first-order valence-electron chi connectivity index (χ1n) is 6.32. The third-order valence-corrected chi connectivity index (χ3v) is 3.82. The van der Waals surface area contributed by atoms with E-state index in [2.05, 4.69) is 13.0 Å². The average molecular weight is 224 g/mol. The summed E-state index contributed by atoms with van der Waals surface area (Å²) in [7, 11) is 0. The summed E-state index contributed by atoms with van der Waals surface area (Å²) in [5.74, 6) is 0.206. The molecule has 1 saturated carbocycles. The molecular formula is C16H16O. The number of carbonyl (C=O) groups is 1. The van der Waals surface area contributed by atoms with Crippen LogP contribution in [0.25, 0.3) is 5.57 Å². The summed E-state index contributed by atoms with van der Waals surface area (Å²) < 4.78 is 0. The zero-order chi connectivity index (χ0) is 11.8. The van der Waals surface area contributed by atoms with Crippen molar-refractivity contribution < 1.29 is 4.79 Å². The van der Waals surface area contributed by atoms with Gasteiger partial charge in [0, 0.05) is 11.1 Å². The van der Waals surface area contributed by atoms with Gasteiger partial charge in [-0.2, -0.15) is 0 Å². The molecule has 0 bridgehead atoms.